The summed E-state index contributed by atoms with van der Waals surface area (Å²) in [5.41, 5.74) is 3.55. The van der Waals surface area contributed by atoms with Crippen molar-refractivity contribution in [1.82, 2.24) is 19.7 Å². The highest BCUT2D eigenvalue weighted by Crippen LogP contribution is 2.41. The van der Waals surface area contributed by atoms with Crippen molar-refractivity contribution in [2.75, 3.05) is 18.0 Å². The molecule has 1 saturated heterocycles. The fraction of sp³-hybridized carbons (Fsp3) is 0.300. The lowest BCUT2D eigenvalue weighted by Crippen LogP contribution is -2.34. The average molecular weight is 379 g/mol. The third kappa shape index (κ3) is 3.38. The van der Waals surface area contributed by atoms with Crippen LogP contribution >= 0.6 is 11.6 Å². The largest absolute Gasteiger partial charge is 0.380 e. The van der Waals surface area contributed by atoms with Gasteiger partial charge in [-0.3, -0.25) is 4.98 Å². The molecule has 0 aliphatic carbocycles. The van der Waals surface area contributed by atoms with Gasteiger partial charge in [-0.25, -0.2) is 4.85 Å². The van der Waals surface area contributed by atoms with E-state index in [1.54, 1.807) is 18.7 Å². The minimum Gasteiger partial charge on any atom is -0.380 e. The van der Waals surface area contributed by atoms with Gasteiger partial charge in [0, 0.05) is 49.7 Å². The predicted molar refractivity (Wildman–Crippen MR) is 106 cm³/mol. The van der Waals surface area contributed by atoms with Crippen molar-refractivity contribution in [3.05, 3.63) is 65.3 Å². The minimum atomic E-state index is 0.394. The SMILES string of the molecule is [C-]#[N+]c1cccc(-c2cncc(Cl)c2)c1N1CCC(c2nncn2C)CC1. The Morgan fingerprint density at radius 1 is 1.22 bits per heavy atom. The summed E-state index contributed by atoms with van der Waals surface area (Å²) in [5, 5.41) is 8.86. The van der Waals surface area contributed by atoms with E-state index in [0.717, 1.165) is 48.6 Å². The van der Waals surface area contributed by atoms with Crippen LogP contribution < -0.4 is 4.90 Å². The van der Waals surface area contributed by atoms with Gasteiger partial charge in [-0.2, -0.15) is 0 Å². The van der Waals surface area contributed by atoms with Crippen molar-refractivity contribution >= 4 is 23.0 Å². The van der Waals surface area contributed by atoms with Crippen LogP contribution in [0.3, 0.4) is 0 Å². The van der Waals surface area contributed by atoms with E-state index in [1.807, 2.05) is 35.9 Å². The molecule has 0 atom stereocenters. The van der Waals surface area contributed by atoms with E-state index < -0.39 is 0 Å². The van der Waals surface area contributed by atoms with Gasteiger partial charge < -0.3 is 9.47 Å². The standard InChI is InChI=1S/C20H19ClN6/c1-22-18-5-3-4-17(15-10-16(21)12-23-11-15)19(18)27-8-6-14(7-9-27)20-25-24-13-26(20)2/h3-5,10-14H,6-9H2,2H3. The number of nitrogens with zero attached hydrogens (tertiary/aromatic N) is 6. The molecular weight excluding hydrogens is 360 g/mol. The van der Waals surface area contributed by atoms with Gasteiger partial charge in [-0.05, 0) is 24.5 Å². The normalized spacial score (nSPS) is 14.9. The summed E-state index contributed by atoms with van der Waals surface area (Å²) in [4.78, 5) is 10.3. The molecule has 3 heterocycles. The second-order valence-corrected chi connectivity index (χ2v) is 7.17. The lowest BCUT2D eigenvalue weighted by Gasteiger charge is -2.35. The number of aryl methyl sites for hydroxylation is 1. The Hall–Kier alpha value is -2.91. The molecule has 27 heavy (non-hydrogen) atoms. The summed E-state index contributed by atoms with van der Waals surface area (Å²) in [6.07, 6.45) is 7.12. The van der Waals surface area contributed by atoms with Crippen molar-refractivity contribution in [3.63, 3.8) is 0 Å². The van der Waals surface area contributed by atoms with E-state index in [1.165, 1.54) is 0 Å². The number of pyridine rings is 1. The van der Waals surface area contributed by atoms with Crippen LogP contribution in [-0.2, 0) is 7.05 Å². The minimum absolute atomic E-state index is 0.394. The molecule has 3 aromatic rings. The highest BCUT2D eigenvalue weighted by Gasteiger charge is 2.26. The molecule has 0 bridgehead atoms. The lowest BCUT2D eigenvalue weighted by molar-refractivity contribution is 0.474. The molecule has 0 unspecified atom stereocenters. The number of hydrogen-bond acceptors (Lipinski definition) is 4. The van der Waals surface area contributed by atoms with Gasteiger partial charge in [0.1, 0.15) is 12.2 Å². The smallest absolute Gasteiger partial charge is 0.210 e. The van der Waals surface area contributed by atoms with E-state index in [2.05, 4.69) is 24.9 Å². The Morgan fingerprint density at radius 3 is 2.70 bits per heavy atom. The van der Waals surface area contributed by atoms with E-state index in [4.69, 9.17) is 18.2 Å². The molecule has 2 aromatic heterocycles. The van der Waals surface area contributed by atoms with Gasteiger partial charge in [0.25, 0.3) is 0 Å². The number of benzene rings is 1. The first-order valence-electron chi connectivity index (χ1n) is 8.87. The van der Waals surface area contributed by atoms with Crippen LogP contribution in [0.2, 0.25) is 5.02 Å². The zero-order valence-corrected chi connectivity index (χ0v) is 15.8. The number of anilines is 1. The first-order chi connectivity index (χ1) is 13.2. The quantitative estimate of drug-likeness (QED) is 0.631. The summed E-state index contributed by atoms with van der Waals surface area (Å²) in [5.74, 6) is 1.43. The Balaban J connectivity index is 1.66. The summed E-state index contributed by atoms with van der Waals surface area (Å²) >= 11 is 6.15. The summed E-state index contributed by atoms with van der Waals surface area (Å²) < 4.78 is 2.00. The molecule has 6 nitrogen and oxygen atoms in total. The predicted octanol–water partition coefficient (Wildman–Crippen LogP) is 4.47. The molecule has 7 heteroatoms. The highest BCUT2D eigenvalue weighted by atomic mass is 35.5. The molecule has 0 saturated carbocycles. The maximum absolute atomic E-state index is 7.62. The zero-order chi connectivity index (χ0) is 18.8. The number of rotatable bonds is 3. The molecule has 0 amide bonds. The van der Waals surface area contributed by atoms with Crippen molar-refractivity contribution in [2.24, 2.45) is 7.05 Å². The molecule has 0 spiro atoms. The first kappa shape index (κ1) is 17.5. The van der Waals surface area contributed by atoms with Crippen LogP contribution in [0, 0.1) is 6.57 Å². The fourth-order valence-corrected chi connectivity index (χ4v) is 3.94. The summed E-state index contributed by atoms with van der Waals surface area (Å²) in [7, 11) is 1.99. The summed E-state index contributed by atoms with van der Waals surface area (Å²) in [6, 6.07) is 7.72. The van der Waals surface area contributed by atoms with E-state index in [9.17, 15) is 0 Å². The van der Waals surface area contributed by atoms with Crippen LogP contribution in [-0.4, -0.2) is 32.8 Å². The third-order valence-electron chi connectivity index (χ3n) is 5.07. The topological polar surface area (TPSA) is 51.2 Å². The van der Waals surface area contributed by atoms with Crippen LogP contribution in [0.4, 0.5) is 11.4 Å². The zero-order valence-electron chi connectivity index (χ0n) is 15.0. The summed E-state index contributed by atoms with van der Waals surface area (Å²) in [6.45, 7) is 9.35. The van der Waals surface area contributed by atoms with Gasteiger partial charge in [0.05, 0.1) is 11.6 Å². The van der Waals surface area contributed by atoms with Gasteiger partial charge >= 0.3 is 0 Å². The molecule has 0 N–H and O–H groups in total. The Kier molecular flexibility index (Phi) is 4.78. The van der Waals surface area contributed by atoms with E-state index >= 15 is 0 Å². The van der Waals surface area contributed by atoms with Crippen molar-refractivity contribution < 1.29 is 0 Å². The second-order valence-electron chi connectivity index (χ2n) is 6.74. The number of halogens is 1. The van der Waals surface area contributed by atoms with Crippen LogP contribution in [0.1, 0.15) is 24.6 Å². The van der Waals surface area contributed by atoms with Gasteiger partial charge in [0.15, 0.2) is 0 Å². The molecular formula is C20H19ClN6. The Labute approximate surface area is 163 Å². The van der Waals surface area contributed by atoms with Crippen molar-refractivity contribution in [3.8, 4) is 11.1 Å². The first-order valence-corrected chi connectivity index (χ1v) is 9.25. The maximum atomic E-state index is 7.62. The number of hydrogen-bond donors (Lipinski definition) is 0. The molecule has 136 valence electrons. The van der Waals surface area contributed by atoms with Crippen LogP contribution in [0.15, 0.2) is 43.0 Å². The number of para-hydroxylation sites is 1. The fourth-order valence-electron chi connectivity index (χ4n) is 3.77. The van der Waals surface area contributed by atoms with Gasteiger partial charge in [-0.1, -0.05) is 29.8 Å². The lowest BCUT2D eigenvalue weighted by atomic mass is 9.94. The highest BCUT2D eigenvalue weighted by molar-refractivity contribution is 6.30. The molecule has 0 radical (unpaired) electrons. The van der Waals surface area contributed by atoms with Gasteiger partial charge in [0.2, 0.25) is 5.69 Å². The molecule has 4 rings (SSSR count). The van der Waals surface area contributed by atoms with Crippen LogP contribution in [0.25, 0.3) is 16.0 Å². The maximum Gasteiger partial charge on any atom is 0.210 e. The third-order valence-corrected chi connectivity index (χ3v) is 5.28. The number of aromatic nitrogens is 4. The van der Waals surface area contributed by atoms with Gasteiger partial charge in [-0.15, -0.1) is 10.2 Å². The Bertz CT molecular complexity index is 998. The van der Waals surface area contributed by atoms with Crippen LogP contribution in [0.5, 0.6) is 0 Å². The molecule has 1 aliphatic rings. The van der Waals surface area contributed by atoms with E-state index in [-0.39, 0.29) is 0 Å². The number of piperidine rings is 1. The average Bonchev–Trinajstić information content (AvgIpc) is 3.13. The van der Waals surface area contributed by atoms with Crippen molar-refractivity contribution in [2.45, 2.75) is 18.8 Å². The van der Waals surface area contributed by atoms with E-state index in [0.29, 0.717) is 16.6 Å². The van der Waals surface area contributed by atoms with Crippen molar-refractivity contribution in [1.29, 1.82) is 0 Å². The second kappa shape index (κ2) is 7.37. The Morgan fingerprint density at radius 2 is 2.04 bits per heavy atom. The molecule has 1 fully saturated rings. The molecule has 1 aromatic carbocycles. The monoisotopic (exact) mass is 378 g/mol. The molecule has 1 aliphatic heterocycles.